The molecular formula is C19H21NO4. The Morgan fingerprint density at radius 2 is 1.83 bits per heavy atom. The Hall–Kier alpha value is -2.82. The van der Waals surface area contributed by atoms with Crippen molar-refractivity contribution < 1.29 is 19.4 Å². The lowest BCUT2D eigenvalue weighted by Gasteiger charge is -2.10. The quantitative estimate of drug-likeness (QED) is 0.851. The predicted molar refractivity (Wildman–Crippen MR) is 92.6 cm³/mol. The van der Waals surface area contributed by atoms with Gasteiger partial charge >= 0.3 is 5.97 Å². The summed E-state index contributed by atoms with van der Waals surface area (Å²) in [5.74, 6) is -0.738. The Morgan fingerprint density at radius 3 is 2.38 bits per heavy atom. The molecule has 5 nitrogen and oxygen atoms in total. The number of hydrogen-bond donors (Lipinski definition) is 2. The van der Waals surface area contributed by atoms with E-state index in [0.717, 1.165) is 11.1 Å². The van der Waals surface area contributed by atoms with Crippen molar-refractivity contribution in [3.63, 3.8) is 0 Å². The van der Waals surface area contributed by atoms with Crippen molar-refractivity contribution in [2.75, 3.05) is 12.4 Å². The average molecular weight is 327 g/mol. The number of benzene rings is 2. The molecule has 0 saturated heterocycles. The molecule has 1 amide bonds. The van der Waals surface area contributed by atoms with Gasteiger partial charge in [0.2, 0.25) is 0 Å². The number of hydrogen-bond acceptors (Lipinski definition) is 3. The fourth-order valence-electron chi connectivity index (χ4n) is 2.38. The van der Waals surface area contributed by atoms with Crippen molar-refractivity contribution in [1.82, 2.24) is 0 Å². The van der Waals surface area contributed by atoms with Gasteiger partial charge in [-0.3, -0.25) is 9.59 Å². The van der Waals surface area contributed by atoms with E-state index in [0.29, 0.717) is 23.4 Å². The van der Waals surface area contributed by atoms with Gasteiger partial charge in [0.05, 0.1) is 13.0 Å². The monoisotopic (exact) mass is 327 g/mol. The van der Waals surface area contributed by atoms with E-state index >= 15 is 0 Å². The Morgan fingerprint density at radius 1 is 1.17 bits per heavy atom. The number of carboxylic acids is 1. The normalized spacial score (nSPS) is 11.6. The molecule has 0 aliphatic heterocycles. The van der Waals surface area contributed by atoms with Crippen LogP contribution in [0.4, 0.5) is 5.69 Å². The average Bonchev–Trinajstić information content (AvgIpc) is 2.56. The Labute approximate surface area is 141 Å². The first-order valence-electron chi connectivity index (χ1n) is 7.68. The van der Waals surface area contributed by atoms with E-state index in [-0.39, 0.29) is 5.91 Å². The maximum atomic E-state index is 12.4. The van der Waals surface area contributed by atoms with E-state index < -0.39 is 11.9 Å². The van der Waals surface area contributed by atoms with Crippen molar-refractivity contribution in [2.45, 2.75) is 20.3 Å². The third kappa shape index (κ3) is 4.35. The fraction of sp³-hybridized carbons (Fsp3) is 0.263. The van der Waals surface area contributed by atoms with Gasteiger partial charge < -0.3 is 15.2 Å². The van der Waals surface area contributed by atoms with E-state index in [1.807, 2.05) is 25.1 Å². The molecule has 2 aromatic rings. The second-order valence-electron chi connectivity index (χ2n) is 5.78. The van der Waals surface area contributed by atoms with Gasteiger partial charge in [-0.05, 0) is 54.8 Å². The molecule has 0 heterocycles. The first kappa shape index (κ1) is 17.5. The molecule has 0 radical (unpaired) electrons. The van der Waals surface area contributed by atoms with E-state index in [4.69, 9.17) is 9.84 Å². The number of aryl methyl sites for hydroxylation is 1. The number of carboxylic acid groups (broad SMARTS) is 1. The number of carbonyl (C=O) groups is 2. The third-order valence-corrected chi connectivity index (χ3v) is 3.85. The molecular weight excluding hydrogens is 306 g/mol. The largest absolute Gasteiger partial charge is 0.497 e. The van der Waals surface area contributed by atoms with E-state index in [1.165, 1.54) is 0 Å². The highest BCUT2D eigenvalue weighted by molar-refractivity contribution is 6.05. The van der Waals surface area contributed by atoms with Crippen LogP contribution >= 0.6 is 0 Å². The van der Waals surface area contributed by atoms with Crippen molar-refractivity contribution in [3.8, 4) is 5.75 Å². The number of carbonyl (C=O) groups excluding carboxylic acids is 1. The summed E-state index contributed by atoms with van der Waals surface area (Å²) in [5, 5.41) is 11.8. The molecule has 0 aliphatic rings. The highest BCUT2D eigenvalue weighted by Crippen LogP contribution is 2.19. The highest BCUT2D eigenvalue weighted by Gasteiger charge is 2.12. The van der Waals surface area contributed by atoms with Crippen LogP contribution in [0.25, 0.3) is 0 Å². The lowest BCUT2D eigenvalue weighted by atomic mass is 10.0. The minimum Gasteiger partial charge on any atom is -0.497 e. The van der Waals surface area contributed by atoms with Gasteiger partial charge in [-0.2, -0.15) is 0 Å². The topological polar surface area (TPSA) is 75.6 Å². The molecule has 0 saturated carbocycles. The smallest absolute Gasteiger partial charge is 0.306 e. The molecule has 126 valence electrons. The van der Waals surface area contributed by atoms with Crippen LogP contribution in [0, 0.1) is 12.8 Å². The van der Waals surface area contributed by atoms with Crippen LogP contribution in [0.15, 0.2) is 42.5 Å². The maximum Gasteiger partial charge on any atom is 0.306 e. The van der Waals surface area contributed by atoms with Gasteiger partial charge in [0.25, 0.3) is 5.91 Å². The summed E-state index contributed by atoms with van der Waals surface area (Å²) in [5.41, 5.74) is 3.00. The van der Waals surface area contributed by atoms with Crippen molar-refractivity contribution in [2.24, 2.45) is 5.92 Å². The molecule has 5 heteroatoms. The van der Waals surface area contributed by atoms with Crippen LogP contribution in [0.3, 0.4) is 0 Å². The SMILES string of the molecule is COc1ccc(C(=O)Nc2ccc(CC(C)C(=O)O)cc2)c(C)c1. The number of amides is 1. The molecule has 2 aromatic carbocycles. The summed E-state index contributed by atoms with van der Waals surface area (Å²) in [7, 11) is 1.58. The third-order valence-electron chi connectivity index (χ3n) is 3.85. The van der Waals surface area contributed by atoms with Gasteiger partial charge in [-0.25, -0.2) is 0 Å². The van der Waals surface area contributed by atoms with Crippen LogP contribution < -0.4 is 10.1 Å². The molecule has 1 unspecified atom stereocenters. The molecule has 2 N–H and O–H groups in total. The van der Waals surface area contributed by atoms with Crippen LogP contribution in [0.2, 0.25) is 0 Å². The second-order valence-corrected chi connectivity index (χ2v) is 5.78. The molecule has 0 aliphatic carbocycles. The van der Waals surface area contributed by atoms with Gasteiger partial charge in [-0.15, -0.1) is 0 Å². The lowest BCUT2D eigenvalue weighted by molar-refractivity contribution is -0.141. The zero-order valence-electron chi connectivity index (χ0n) is 14.0. The summed E-state index contributed by atoms with van der Waals surface area (Å²) < 4.78 is 5.14. The van der Waals surface area contributed by atoms with Crippen LogP contribution in [-0.2, 0) is 11.2 Å². The number of anilines is 1. The first-order chi connectivity index (χ1) is 11.4. The van der Waals surface area contributed by atoms with Gasteiger partial charge in [0, 0.05) is 11.3 Å². The van der Waals surface area contributed by atoms with Crippen molar-refractivity contribution in [3.05, 3.63) is 59.2 Å². The number of rotatable bonds is 6. The Balaban J connectivity index is 2.05. The molecule has 1 atom stereocenters. The summed E-state index contributed by atoms with van der Waals surface area (Å²) in [6.07, 6.45) is 0.459. The highest BCUT2D eigenvalue weighted by atomic mass is 16.5. The summed E-state index contributed by atoms with van der Waals surface area (Å²) in [4.78, 5) is 23.2. The molecule has 0 fully saturated rings. The van der Waals surface area contributed by atoms with Crippen molar-refractivity contribution >= 4 is 17.6 Å². The maximum absolute atomic E-state index is 12.4. The van der Waals surface area contributed by atoms with Gasteiger partial charge in [0.15, 0.2) is 0 Å². The number of nitrogens with one attached hydrogen (secondary N) is 1. The standard InChI is InChI=1S/C19H21NO4/c1-12-11-16(24-3)8-9-17(12)18(21)20-15-6-4-14(5-7-15)10-13(2)19(22)23/h4-9,11,13H,10H2,1-3H3,(H,20,21)(H,22,23). The van der Waals surface area contributed by atoms with Gasteiger partial charge in [-0.1, -0.05) is 19.1 Å². The number of ether oxygens (including phenoxy) is 1. The predicted octanol–water partition coefficient (Wildman–Crippen LogP) is 3.52. The van der Waals surface area contributed by atoms with E-state index in [2.05, 4.69) is 5.32 Å². The van der Waals surface area contributed by atoms with E-state index in [1.54, 1.807) is 38.3 Å². The van der Waals surface area contributed by atoms with Crippen LogP contribution in [0.1, 0.15) is 28.4 Å². The Bertz CT molecular complexity index is 738. The van der Waals surface area contributed by atoms with Crippen LogP contribution in [-0.4, -0.2) is 24.1 Å². The summed E-state index contributed by atoms with van der Waals surface area (Å²) in [6, 6.07) is 12.5. The second kappa shape index (κ2) is 7.64. The zero-order chi connectivity index (χ0) is 17.7. The summed E-state index contributed by atoms with van der Waals surface area (Å²) >= 11 is 0. The van der Waals surface area contributed by atoms with Crippen LogP contribution in [0.5, 0.6) is 5.75 Å². The molecule has 0 spiro atoms. The zero-order valence-corrected chi connectivity index (χ0v) is 14.0. The molecule has 2 rings (SSSR count). The Kier molecular flexibility index (Phi) is 5.58. The minimum atomic E-state index is -0.817. The fourth-order valence-corrected chi connectivity index (χ4v) is 2.38. The summed E-state index contributed by atoms with van der Waals surface area (Å²) in [6.45, 7) is 3.53. The lowest BCUT2D eigenvalue weighted by Crippen LogP contribution is -2.14. The first-order valence-corrected chi connectivity index (χ1v) is 7.68. The van der Waals surface area contributed by atoms with Gasteiger partial charge in [0.1, 0.15) is 5.75 Å². The molecule has 0 aromatic heterocycles. The number of aliphatic carboxylic acids is 1. The van der Waals surface area contributed by atoms with E-state index in [9.17, 15) is 9.59 Å². The van der Waals surface area contributed by atoms with Crippen molar-refractivity contribution in [1.29, 1.82) is 0 Å². The molecule has 0 bridgehead atoms. The molecule has 24 heavy (non-hydrogen) atoms. The number of methoxy groups -OCH3 is 1. The minimum absolute atomic E-state index is 0.193.